The lowest BCUT2D eigenvalue weighted by atomic mass is 9.99. The summed E-state index contributed by atoms with van der Waals surface area (Å²) in [5.74, 6) is -0.267. The summed E-state index contributed by atoms with van der Waals surface area (Å²) in [7, 11) is 0. The van der Waals surface area contributed by atoms with Crippen LogP contribution in [0.5, 0.6) is 0 Å². The van der Waals surface area contributed by atoms with E-state index in [1.165, 1.54) is 17.7 Å². The van der Waals surface area contributed by atoms with E-state index in [9.17, 15) is 9.50 Å². The van der Waals surface area contributed by atoms with E-state index >= 15 is 0 Å². The van der Waals surface area contributed by atoms with Crippen molar-refractivity contribution in [2.45, 2.75) is 58.2 Å². The molecule has 1 aromatic carbocycles. The second kappa shape index (κ2) is 9.30. The Labute approximate surface area is 145 Å². The lowest BCUT2D eigenvalue weighted by Gasteiger charge is -2.33. The van der Waals surface area contributed by atoms with Crippen LogP contribution in [0.1, 0.15) is 51.7 Å². The maximum atomic E-state index is 13.0. The monoisotopic (exact) mass is 334 g/mol. The van der Waals surface area contributed by atoms with Crippen molar-refractivity contribution in [1.29, 1.82) is 0 Å². The molecule has 0 amide bonds. The van der Waals surface area contributed by atoms with Gasteiger partial charge < -0.3 is 10.4 Å². The first kappa shape index (κ1) is 19.1. The molecule has 1 aliphatic rings. The molecule has 0 aromatic heterocycles. The van der Waals surface area contributed by atoms with Crippen LogP contribution in [0.25, 0.3) is 0 Å². The summed E-state index contributed by atoms with van der Waals surface area (Å²) < 4.78 is 13.0. The first-order valence-electron chi connectivity index (χ1n) is 8.99. The molecule has 1 fully saturated rings. The number of likely N-dealkylation sites (tertiary alicyclic amines) is 1. The predicted octanol–water partition coefficient (Wildman–Crippen LogP) is 3.66. The summed E-state index contributed by atoms with van der Waals surface area (Å²) in [6, 6.07) is 6.88. The van der Waals surface area contributed by atoms with Crippen LogP contribution in [0.3, 0.4) is 0 Å². The lowest BCUT2D eigenvalue weighted by molar-refractivity contribution is 0.144. The van der Waals surface area contributed by atoms with Gasteiger partial charge in [0.2, 0.25) is 0 Å². The van der Waals surface area contributed by atoms with Crippen molar-refractivity contribution < 1.29 is 9.50 Å². The van der Waals surface area contributed by atoms with Crippen LogP contribution in [-0.4, -0.2) is 41.7 Å². The molecule has 2 rings (SSSR count). The second-order valence-electron chi connectivity index (χ2n) is 7.23. The number of rotatable bonds is 7. The summed E-state index contributed by atoms with van der Waals surface area (Å²) in [5.41, 5.74) is 2.15. The van der Waals surface area contributed by atoms with Crippen molar-refractivity contribution >= 4 is 0 Å². The Bertz CT molecular complexity index is 517. The third kappa shape index (κ3) is 6.34. The van der Waals surface area contributed by atoms with Crippen molar-refractivity contribution in [2.75, 3.05) is 19.6 Å². The molecule has 1 saturated heterocycles. The SMILES string of the molecule is CC(C)=CCN1CCC(NC(C)CC(O)c2ccc(F)cc2)CC1. The molecule has 134 valence electrons. The first-order chi connectivity index (χ1) is 11.4. The Kier molecular flexibility index (Phi) is 7.40. The molecule has 3 nitrogen and oxygen atoms in total. The fourth-order valence-electron chi connectivity index (χ4n) is 3.22. The summed E-state index contributed by atoms with van der Waals surface area (Å²) in [6.07, 6.45) is 4.67. The Balaban J connectivity index is 1.72. The van der Waals surface area contributed by atoms with E-state index in [0.29, 0.717) is 12.5 Å². The standard InChI is InChI=1S/C20H31FN2O/c1-15(2)8-11-23-12-9-19(10-13-23)22-16(3)14-20(24)17-4-6-18(21)7-5-17/h4-8,16,19-20,22,24H,9-14H2,1-3H3. The number of aliphatic hydroxyl groups excluding tert-OH is 1. The number of allylic oxidation sites excluding steroid dienone is 1. The zero-order chi connectivity index (χ0) is 17.5. The molecule has 4 heteroatoms. The van der Waals surface area contributed by atoms with E-state index in [0.717, 1.165) is 38.0 Å². The molecule has 1 heterocycles. The summed E-state index contributed by atoms with van der Waals surface area (Å²) in [5, 5.41) is 13.9. The molecular weight excluding hydrogens is 303 g/mol. The highest BCUT2D eigenvalue weighted by Crippen LogP contribution is 2.20. The molecule has 0 radical (unpaired) electrons. The minimum absolute atomic E-state index is 0.236. The average molecular weight is 334 g/mol. The summed E-state index contributed by atoms with van der Waals surface area (Å²) in [4.78, 5) is 2.49. The van der Waals surface area contributed by atoms with Gasteiger partial charge in [-0.1, -0.05) is 23.8 Å². The van der Waals surface area contributed by atoms with E-state index in [1.54, 1.807) is 12.1 Å². The number of nitrogens with one attached hydrogen (secondary N) is 1. The van der Waals surface area contributed by atoms with E-state index in [4.69, 9.17) is 0 Å². The van der Waals surface area contributed by atoms with Gasteiger partial charge in [0.1, 0.15) is 5.82 Å². The van der Waals surface area contributed by atoms with E-state index in [1.807, 2.05) is 0 Å². The van der Waals surface area contributed by atoms with Crippen molar-refractivity contribution in [3.05, 3.63) is 47.3 Å². The fourth-order valence-corrected chi connectivity index (χ4v) is 3.22. The highest BCUT2D eigenvalue weighted by atomic mass is 19.1. The molecule has 0 aliphatic carbocycles. The van der Waals surface area contributed by atoms with Crippen LogP contribution >= 0.6 is 0 Å². The topological polar surface area (TPSA) is 35.5 Å². The normalized spacial score (nSPS) is 19.0. The first-order valence-corrected chi connectivity index (χ1v) is 8.99. The highest BCUT2D eigenvalue weighted by molar-refractivity contribution is 5.18. The molecule has 1 aliphatic heterocycles. The highest BCUT2D eigenvalue weighted by Gasteiger charge is 2.21. The smallest absolute Gasteiger partial charge is 0.123 e. The minimum atomic E-state index is -0.550. The molecule has 0 spiro atoms. The molecule has 24 heavy (non-hydrogen) atoms. The van der Waals surface area contributed by atoms with Crippen LogP contribution < -0.4 is 5.32 Å². The predicted molar refractivity (Wildman–Crippen MR) is 97.5 cm³/mol. The largest absolute Gasteiger partial charge is 0.388 e. The van der Waals surface area contributed by atoms with Gasteiger partial charge in [-0.2, -0.15) is 0 Å². The minimum Gasteiger partial charge on any atom is -0.388 e. The van der Waals surface area contributed by atoms with Gasteiger partial charge in [0.25, 0.3) is 0 Å². The quantitative estimate of drug-likeness (QED) is 0.747. The van der Waals surface area contributed by atoms with Crippen LogP contribution in [0.4, 0.5) is 4.39 Å². The molecule has 2 atom stereocenters. The van der Waals surface area contributed by atoms with E-state index < -0.39 is 6.10 Å². The molecular formula is C20H31FN2O. The van der Waals surface area contributed by atoms with Crippen molar-refractivity contribution in [3.63, 3.8) is 0 Å². The zero-order valence-electron chi connectivity index (χ0n) is 15.1. The Morgan fingerprint density at radius 1 is 1.29 bits per heavy atom. The lowest BCUT2D eigenvalue weighted by Crippen LogP contribution is -2.45. The van der Waals surface area contributed by atoms with Crippen molar-refractivity contribution in [1.82, 2.24) is 10.2 Å². The van der Waals surface area contributed by atoms with Gasteiger partial charge in [-0.15, -0.1) is 0 Å². The molecule has 0 bridgehead atoms. The van der Waals surface area contributed by atoms with Crippen LogP contribution in [0.15, 0.2) is 35.9 Å². The van der Waals surface area contributed by atoms with Crippen molar-refractivity contribution in [2.24, 2.45) is 0 Å². The summed E-state index contributed by atoms with van der Waals surface area (Å²) >= 11 is 0. The van der Waals surface area contributed by atoms with E-state index in [2.05, 4.69) is 37.1 Å². The second-order valence-corrected chi connectivity index (χ2v) is 7.23. The van der Waals surface area contributed by atoms with Gasteiger partial charge in [0.05, 0.1) is 6.10 Å². The Hall–Kier alpha value is -1.23. The third-order valence-electron chi connectivity index (χ3n) is 4.70. The molecule has 0 saturated carbocycles. The van der Waals surface area contributed by atoms with Gasteiger partial charge in [-0.25, -0.2) is 4.39 Å². The van der Waals surface area contributed by atoms with Gasteiger partial charge in [-0.05, 0) is 70.8 Å². The maximum Gasteiger partial charge on any atom is 0.123 e. The van der Waals surface area contributed by atoms with Gasteiger partial charge in [0, 0.05) is 18.6 Å². The van der Waals surface area contributed by atoms with E-state index in [-0.39, 0.29) is 11.9 Å². The molecule has 1 aromatic rings. The van der Waals surface area contributed by atoms with Crippen LogP contribution in [0.2, 0.25) is 0 Å². The molecule has 2 N–H and O–H groups in total. The number of hydrogen-bond donors (Lipinski definition) is 2. The number of hydrogen-bond acceptors (Lipinski definition) is 3. The number of piperidine rings is 1. The van der Waals surface area contributed by atoms with Crippen molar-refractivity contribution in [3.8, 4) is 0 Å². The number of nitrogens with zero attached hydrogens (tertiary/aromatic N) is 1. The molecule has 2 unspecified atom stereocenters. The summed E-state index contributed by atoms with van der Waals surface area (Å²) in [6.45, 7) is 9.68. The zero-order valence-corrected chi connectivity index (χ0v) is 15.1. The number of halogens is 1. The van der Waals surface area contributed by atoms with Gasteiger partial charge >= 0.3 is 0 Å². The Morgan fingerprint density at radius 3 is 2.50 bits per heavy atom. The van der Waals surface area contributed by atoms with Gasteiger partial charge in [0.15, 0.2) is 0 Å². The van der Waals surface area contributed by atoms with Crippen LogP contribution in [-0.2, 0) is 0 Å². The van der Waals surface area contributed by atoms with Gasteiger partial charge in [-0.3, -0.25) is 4.90 Å². The average Bonchev–Trinajstić information content (AvgIpc) is 2.54. The Morgan fingerprint density at radius 2 is 1.92 bits per heavy atom. The number of aliphatic hydroxyl groups is 1. The fraction of sp³-hybridized carbons (Fsp3) is 0.600. The number of benzene rings is 1. The van der Waals surface area contributed by atoms with Crippen LogP contribution in [0, 0.1) is 5.82 Å². The third-order valence-corrected chi connectivity index (χ3v) is 4.70. The maximum absolute atomic E-state index is 13.0.